The van der Waals surface area contributed by atoms with Crippen molar-refractivity contribution in [3.05, 3.63) is 0 Å². The fourth-order valence-corrected chi connectivity index (χ4v) is 1.96. The molecule has 0 aromatic heterocycles. The van der Waals surface area contributed by atoms with Crippen LogP contribution in [0.15, 0.2) is 0 Å². The molecular weight excluding hydrogens is 146 g/mol. The molecule has 0 unspecified atom stereocenters. The lowest BCUT2D eigenvalue weighted by Gasteiger charge is -2.41. The maximum atomic E-state index is 2.56. The molecule has 0 amide bonds. The molecule has 0 radical (unpaired) electrons. The van der Waals surface area contributed by atoms with Crippen molar-refractivity contribution in [3.63, 3.8) is 0 Å². The van der Waals surface area contributed by atoms with Gasteiger partial charge in [-0.05, 0) is 43.8 Å². The van der Waals surface area contributed by atoms with Gasteiger partial charge in [-0.15, -0.1) is 0 Å². The molecule has 0 saturated carbocycles. The van der Waals surface area contributed by atoms with E-state index in [-0.39, 0.29) is 0 Å². The fourth-order valence-electron chi connectivity index (χ4n) is 1.96. The highest BCUT2D eigenvalue weighted by molar-refractivity contribution is 4.84. The van der Waals surface area contributed by atoms with Crippen LogP contribution >= 0.6 is 0 Å². The van der Waals surface area contributed by atoms with Crippen molar-refractivity contribution in [2.45, 2.75) is 40.5 Å². The largest absolute Gasteiger partial charge is 0.304 e. The van der Waals surface area contributed by atoms with Crippen LogP contribution in [0.1, 0.15) is 40.5 Å². The van der Waals surface area contributed by atoms with Gasteiger partial charge in [-0.3, -0.25) is 0 Å². The minimum Gasteiger partial charge on any atom is -0.304 e. The van der Waals surface area contributed by atoms with Crippen molar-refractivity contribution < 1.29 is 0 Å². The summed E-state index contributed by atoms with van der Waals surface area (Å²) in [5.74, 6) is 0.844. The van der Waals surface area contributed by atoms with Gasteiger partial charge >= 0.3 is 0 Å². The van der Waals surface area contributed by atoms with E-state index in [1.807, 2.05) is 0 Å². The highest BCUT2D eigenvalue weighted by atomic mass is 15.1. The maximum Gasteiger partial charge on any atom is -0.00136 e. The average Bonchev–Trinajstić information content (AvgIpc) is 2.06. The number of likely N-dealkylation sites (tertiary alicyclic amines) is 1. The molecule has 0 N–H and O–H groups in total. The average molecular weight is 169 g/mol. The normalized spacial score (nSPS) is 24.8. The van der Waals surface area contributed by atoms with E-state index < -0.39 is 0 Å². The van der Waals surface area contributed by atoms with E-state index in [1.165, 1.54) is 32.5 Å². The minimum atomic E-state index is 0.617. The van der Waals surface area contributed by atoms with Crippen LogP contribution in [0.3, 0.4) is 0 Å². The smallest absolute Gasteiger partial charge is 0.00136 e. The molecule has 1 nitrogen and oxygen atoms in total. The van der Waals surface area contributed by atoms with Crippen LogP contribution in [0.5, 0.6) is 0 Å². The van der Waals surface area contributed by atoms with Crippen LogP contribution in [0, 0.1) is 11.3 Å². The molecule has 1 rings (SSSR count). The Kier molecular flexibility index (Phi) is 3.16. The number of hydrogen-bond acceptors (Lipinski definition) is 1. The molecule has 1 aliphatic rings. The third-order valence-corrected chi connectivity index (χ3v) is 3.84. The molecule has 12 heavy (non-hydrogen) atoms. The first-order valence-electron chi connectivity index (χ1n) is 5.31. The van der Waals surface area contributed by atoms with Gasteiger partial charge in [0.1, 0.15) is 0 Å². The second-order valence-corrected chi connectivity index (χ2v) is 4.74. The van der Waals surface area contributed by atoms with Crippen molar-refractivity contribution in [2.24, 2.45) is 11.3 Å². The van der Waals surface area contributed by atoms with Crippen LogP contribution in [0.2, 0.25) is 0 Å². The van der Waals surface area contributed by atoms with Crippen molar-refractivity contribution in [1.29, 1.82) is 0 Å². The summed E-state index contributed by atoms with van der Waals surface area (Å²) in [5.41, 5.74) is 0.617. The van der Waals surface area contributed by atoms with E-state index >= 15 is 0 Å². The molecule has 1 heteroatoms. The van der Waals surface area contributed by atoms with E-state index in [4.69, 9.17) is 0 Å². The van der Waals surface area contributed by atoms with Crippen molar-refractivity contribution >= 4 is 0 Å². The third kappa shape index (κ3) is 2.01. The van der Waals surface area contributed by atoms with Crippen molar-refractivity contribution in [2.75, 3.05) is 19.6 Å². The predicted octanol–water partition coefficient (Wildman–Crippen LogP) is 2.76. The van der Waals surface area contributed by atoms with Gasteiger partial charge in [0.25, 0.3) is 0 Å². The Labute approximate surface area is 77.1 Å². The van der Waals surface area contributed by atoms with Gasteiger partial charge in [0.15, 0.2) is 0 Å². The van der Waals surface area contributed by atoms with E-state index in [1.54, 1.807) is 0 Å². The highest BCUT2D eigenvalue weighted by Gasteiger charge is 2.31. The number of rotatable bonds is 2. The monoisotopic (exact) mass is 169 g/mol. The minimum absolute atomic E-state index is 0.617. The summed E-state index contributed by atoms with van der Waals surface area (Å²) >= 11 is 0. The molecule has 72 valence electrons. The summed E-state index contributed by atoms with van der Waals surface area (Å²) in [6, 6.07) is 0. The van der Waals surface area contributed by atoms with Gasteiger partial charge in [0.2, 0.25) is 0 Å². The van der Waals surface area contributed by atoms with E-state index in [2.05, 4.69) is 32.6 Å². The molecule has 0 bridgehead atoms. The van der Waals surface area contributed by atoms with Crippen molar-refractivity contribution in [3.8, 4) is 0 Å². The van der Waals surface area contributed by atoms with Gasteiger partial charge in [-0.2, -0.15) is 0 Å². The number of hydrogen-bond donors (Lipinski definition) is 0. The summed E-state index contributed by atoms with van der Waals surface area (Å²) < 4.78 is 0. The summed E-state index contributed by atoms with van der Waals surface area (Å²) in [5, 5.41) is 0. The Balaban J connectivity index is 2.44. The van der Waals surface area contributed by atoms with Crippen molar-refractivity contribution in [1.82, 2.24) is 4.90 Å². The van der Waals surface area contributed by atoms with E-state index in [0.717, 1.165) is 5.92 Å². The summed E-state index contributed by atoms with van der Waals surface area (Å²) in [6.07, 6.45) is 2.77. The highest BCUT2D eigenvalue weighted by Crippen LogP contribution is 2.37. The topological polar surface area (TPSA) is 3.24 Å². The zero-order valence-corrected chi connectivity index (χ0v) is 9.06. The Hall–Kier alpha value is -0.0400. The van der Waals surface area contributed by atoms with Crippen LogP contribution in [-0.4, -0.2) is 24.5 Å². The Bertz CT molecular complexity index is 132. The predicted molar refractivity (Wildman–Crippen MR) is 54.3 cm³/mol. The fraction of sp³-hybridized carbons (Fsp3) is 1.00. The zero-order chi connectivity index (χ0) is 9.19. The third-order valence-electron chi connectivity index (χ3n) is 3.84. The summed E-state index contributed by atoms with van der Waals surface area (Å²) in [4.78, 5) is 2.56. The first-order chi connectivity index (χ1) is 5.58. The standard InChI is InChI=1S/C11H23N/c1-5-12-8-6-11(4,7-9-12)10(2)3/h10H,5-9H2,1-4H3. The lowest BCUT2D eigenvalue weighted by atomic mass is 9.72. The molecule has 1 heterocycles. The lowest BCUT2D eigenvalue weighted by Crippen LogP contribution is -2.40. The van der Waals surface area contributed by atoms with Gasteiger partial charge in [0.05, 0.1) is 0 Å². The Morgan fingerprint density at radius 1 is 1.25 bits per heavy atom. The van der Waals surface area contributed by atoms with Gasteiger partial charge in [0, 0.05) is 0 Å². The quantitative estimate of drug-likeness (QED) is 0.614. The number of nitrogens with zero attached hydrogens (tertiary/aromatic N) is 1. The molecule has 0 aromatic carbocycles. The summed E-state index contributed by atoms with van der Waals surface area (Å²) in [7, 11) is 0. The molecule has 1 aliphatic heterocycles. The molecule has 1 fully saturated rings. The molecule has 0 spiro atoms. The Morgan fingerprint density at radius 3 is 2.08 bits per heavy atom. The molecule has 0 atom stereocenters. The van der Waals surface area contributed by atoms with E-state index in [9.17, 15) is 0 Å². The SMILES string of the molecule is CCN1CCC(C)(C(C)C)CC1. The van der Waals surface area contributed by atoms with Crippen LogP contribution < -0.4 is 0 Å². The van der Waals surface area contributed by atoms with Gasteiger partial charge < -0.3 is 4.90 Å². The molecule has 0 aromatic rings. The maximum absolute atomic E-state index is 2.56. The van der Waals surface area contributed by atoms with Crippen LogP contribution in [0.25, 0.3) is 0 Å². The second-order valence-electron chi connectivity index (χ2n) is 4.74. The first-order valence-corrected chi connectivity index (χ1v) is 5.31. The van der Waals surface area contributed by atoms with Gasteiger partial charge in [-0.1, -0.05) is 27.7 Å². The zero-order valence-electron chi connectivity index (χ0n) is 9.06. The molecular formula is C11H23N. The van der Waals surface area contributed by atoms with Gasteiger partial charge in [-0.25, -0.2) is 0 Å². The second kappa shape index (κ2) is 3.78. The molecule has 0 aliphatic carbocycles. The molecule has 1 saturated heterocycles. The first kappa shape index (κ1) is 10.0. The Morgan fingerprint density at radius 2 is 1.75 bits per heavy atom. The van der Waals surface area contributed by atoms with Crippen LogP contribution in [-0.2, 0) is 0 Å². The van der Waals surface area contributed by atoms with Crippen LogP contribution in [0.4, 0.5) is 0 Å². The van der Waals surface area contributed by atoms with E-state index in [0.29, 0.717) is 5.41 Å². The lowest BCUT2D eigenvalue weighted by molar-refractivity contribution is 0.0815. The number of piperidine rings is 1. The summed E-state index contributed by atoms with van der Waals surface area (Å²) in [6.45, 7) is 13.3.